The fourth-order valence-corrected chi connectivity index (χ4v) is 1.09. The molecule has 11 heavy (non-hydrogen) atoms. The molecule has 0 N–H and O–H groups in total. The molecule has 0 amide bonds. The number of benzene rings is 1. The number of rotatable bonds is 2. The Morgan fingerprint density at radius 3 is 2.73 bits per heavy atom. The predicted octanol–water partition coefficient (Wildman–Crippen LogP) is 3.12. The standard InChI is InChI=1S/C9H11N2/c1-2-5-8-6-3-4-7-9(8)11-10/h3-4,6-7H,2,5H2,1H3/q+1. The van der Waals surface area contributed by atoms with Crippen molar-refractivity contribution >= 4 is 5.69 Å². The summed E-state index contributed by atoms with van der Waals surface area (Å²) in [5, 5.41) is 8.57. The van der Waals surface area contributed by atoms with Crippen LogP contribution < -0.4 is 0 Å². The van der Waals surface area contributed by atoms with E-state index in [2.05, 4.69) is 11.9 Å². The Hall–Kier alpha value is -1.36. The van der Waals surface area contributed by atoms with Gasteiger partial charge in [-0.3, -0.25) is 0 Å². The Bertz CT molecular complexity index is 273. The van der Waals surface area contributed by atoms with Gasteiger partial charge >= 0.3 is 5.69 Å². The molecular weight excluding hydrogens is 136 g/mol. The van der Waals surface area contributed by atoms with E-state index in [4.69, 9.17) is 5.39 Å². The lowest BCUT2D eigenvalue weighted by atomic mass is 10.1. The van der Waals surface area contributed by atoms with Gasteiger partial charge in [-0.25, -0.2) is 0 Å². The molecule has 0 aliphatic heterocycles. The lowest BCUT2D eigenvalue weighted by Gasteiger charge is -1.91. The van der Waals surface area contributed by atoms with E-state index >= 15 is 0 Å². The van der Waals surface area contributed by atoms with Gasteiger partial charge in [0.2, 0.25) is 5.39 Å². The predicted molar refractivity (Wildman–Crippen MR) is 45.2 cm³/mol. The Balaban J connectivity index is 2.95. The minimum Gasteiger partial charge on any atom is -0.0651 e. The van der Waals surface area contributed by atoms with Crippen molar-refractivity contribution in [3.63, 3.8) is 0 Å². The molecule has 0 aliphatic carbocycles. The first kappa shape index (κ1) is 7.74. The van der Waals surface area contributed by atoms with Crippen molar-refractivity contribution in [2.75, 3.05) is 0 Å². The summed E-state index contributed by atoms with van der Waals surface area (Å²) < 4.78 is 0. The van der Waals surface area contributed by atoms with Crippen molar-refractivity contribution in [2.45, 2.75) is 19.8 Å². The van der Waals surface area contributed by atoms with Gasteiger partial charge < -0.3 is 0 Å². The SMILES string of the molecule is CCCc1ccccc1[N+]#N. The minimum atomic E-state index is 0.689. The van der Waals surface area contributed by atoms with Gasteiger partial charge in [-0.2, -0.15) is 0 Å². The highest BCUT2D eigenvalue weighted by atomic mass is 14.8. The molecule has 2 heteroatoms. The van der Waals surface area contributed by atoms with E-state index in [1.54, 1.807) is 0 Å². The fraction of sp³-hybridized carbons (Fsp3) is 0.333. The van der Waals surface area contributed by atoms with E-state index in [1.165, 1.54) is 0 Å². The third-order valence-corrected chi connectivity index (χ3v) is 1.62. The van der Waals surface area contributed by atoms with Gasteiger partial charge in [0.1, 0.15) is 0 Å². The summed E-state index contributed by atoms with van der Waals surface area (Å²) in [7, 11) is 0. The summed E-state index contributed by atoms with van der Waals surface area (Å²) in [5.74, 6) is 0. The van der Waals surface area contributed by atoms with Gasteiger partial charge in [0.05, 0.1) is 0 Å². The highest BCUT2D eigenvalue weighted by Gasteiger charge is 2.09. The third-order valence-electron chi connectivity index (χ3n) is 1.62. The molecule has 0 heterocycles. The Morgan fingerprint density at radius 1 is 1.36 bits per heavy atom. The quantitative estimate of drug-likeness (QED) is 0.590. The molecular formula is C9H11N2+. The van der Waals surface area contributed by atoms with Gasteiger partial charge in [0.15, 0.2) is 4.98 Å². The highest BCUT2D eigenvalue weighted by Crippen LogP contribution is 2.19. The number of hydrogen-bond donors (Lipinski definition) is 0. The monoisotopic (exact) mass is 147 g/mol. The van der Waals surface area contributed by atoms with E-state index in [0.29, 0.717) is 5.69 Å². The summed E-state index contributed by atoms with van der Waals surface area (Å²) in [6, 6.07) is 7.62. The molecule has 0 bridgehead atoms. The fourth-order valence-electron chi connectivity index (χ4n) is 1.09. The molecule has 0 saturated carbocycles. The molecule has 2 nitrogen and oxygen atoms in total. The number of aryl methyl sites for hydroxylation is 1. The number of diazo groups is 1. The van der Waals surface area contributed by atoms with Crippen LogP contribution in [0.2, 0.25) is 0 Å². The highest BCUT2D eigenvalue weighted by molar-refractivity contribution is 5.51. The van der Waals surface area contributed by atoms with Crippen molar-refractivity contribution in [3.8, 4) is 0 Å². The summed E-state index contributed by atoms with van der Waals surface area (Å²) in [4.78, 5) is 3.19. The van der Waals surface area contributed by atoms with Crippen LogP contribution in [0.15, 0.2) is 24.3 Å². The summed E-state index contributed by atoms with van der Waals surface area (Å²) in [6.45, 7) is 2.11. The van der Waals surface area contributed by atoms with Crippen molar-refractivity contribution in [3.05, 3.63) is 34.8 Å². The topological polar surface area (TPSA) is 28.1 Å². The van der Waals surface area contributed by atoms with E-state index in [1.807, 2.05) is 24.3 Å². The van der Waals surface area contributed by atoms with E-state index < -0.39 is 0 Å². The zero-order valence-electron chi connectivity index (χ0n) is 6.62. The second-order valence-electron chi connectivity index (χ2n) is 2.48. The van der Waals surface area contributed by atoms with Crippen molar-refractivity contribution in [1.29, 1.82) is 5.39 Å². The molecule has 1 aromatic carbocycles. The summed E-state index contributed by atoms with van der Waals surface area (Å²) >= 11 is 0. The Morgan fingerprint density at radius 2 is 2.09 bits per heavy atom. The first-order chi connectivity index (χ1) is 5.38. The van der Waals surface area contributed by atoms with Crippen LogP contribution in [0.4, 0.5) is 5.69 Å². The molecule has 0 radical (unpaired) electrons. The zero-order chi connectivity index (χ0) is 8.10. The van der Waals surface area contributed by atoms with Crippen LogP contribution in [0.25, 0.3) is 4.98 Å². The summed E-state index contributed by atoms with van der Waals surface area (Å²) in [6.07, 6.45) is 2.05. The molecule has 0 aromatic heterocycles. The molecule has 0 atom stereocenters. The number of hydrogen-bond acceptors (Lipinski definition) is 1. The third kappa shape index (κ3) is 1.78. The van der Waals surface area contributed by atoms with Crippen LogP contribution in [0.3, 0.4) is 0 Å². The summed E-state index contributed by atoms with van der Waals surface area (Å²) in [5.41, 5.74) is 1.80. The van der Waals surface area contributed by atoms with Crippen LogP contribution in [0, 0.1) is 5.39 Å². The zero-order valence-corrected chi connectivity index (χ0v) is 6.62. The number of nitrogens with zero attached hydrogens (tertiary/aromatic N) is 2. The second-order valence-corrected chi connectivity index (χ2v) is 2.48. The molecule has 0 aliphatic rings. The molecule has 56 valence electrons. The molecule has 0 spiro atoms. The lowest BCUT2D eigenvalue weighted by Crippen LogP contribution is -1.81. The maximum atomic E-state index is 8.57. The Labute approximate surface area is 66.5 Å². The molecule has 0 saturated heterocycles. The van der Waals surface area contributed by atoms with E-state index in [-0.39, 0.29) is 0 Å². The van der Waals surface area contributed by atoms with Gasteiger partial charge in [-0.15, -0.1) is 0 Å². The average Bonchev–Trinajstić information content (AvgIpc) is 2.06. The smallest absolute Gasteiger partial charge is 0.0651 e. The molecule has 0 unspecified atom stereocenters. The van der Waals surface area contributed by atoms with E-state index in [0.717, 1.165) is 18.4 Å². The van der Waals surface area contributed by atoms with Crippen LogP contribution in [-0.4, -0.2) is 0 Å². The van der Waals surface area contributed by atoms with E-state index in [9.17, 15) is 0 Å². The van der Waals surface area contributed by atoms with Crippen molar-refractivity contribution < 1.29 is 0 Å². The maximum Gasteiger partial charge on any atom is 0.388 e. The van der Waals surface area contributed by atoms with Crippen LogP contribution in [0.1, 0.15) is 18.9 Å². The van der Waals surface area contributed by atoms with Crippen LogP contribution >= 0.6 is 0 Å². The molecule has 1 aromatic rings. The van der Waals surface area contributed by atoms with Crippen LogP contribution in [-0.2, 0) is 6.42 Å². The van der Waals surface area contributed by atoms with Gasteiger partial charge in [0.25, 0.3) is 0 Å². The second kappa shape index (κ2) is 3.72. The van der Waals surface area contributed by atoms with Gasteiger partial charge in [-0.1, -0.05) is 31.5 Å². The van der Waals surface area contributed by atoms with Crippen molar-refractivity contribution in [1.82, 2.24) is 0 Å². The normalized spacial score (nSPS) is 9.09. The first-order valence-electron chi connectivity index (χ1n) is 3.81. The average molecular weight is 147 g/mol. The van der Waals surface area contributed by atoms with Gasteiger partial charge in [-0.05, 0) is 6.42 Å². The maximum absolute atomic E-state index is 8.57. The van der Waals surface area contributed by atoms with Gasteiger partial charge in [0, 0.05) is 11.6 Å². The Kier molecular flexibility index (Phi) is 2.62. The molecule has 0 fully saturated rings. The lowest BCUT2D eigenvalue weighted by molar-refractivity contribution is 0.925. The first-order valence-corrected chi connectivity index (χ1v) is 3.81. The minimum absolute atomic E-state index is 0.689. The largest absolute Gasteiger partial charge is 0.388 e. The van der Waals surface area contributed by atoms with Crippen LogP contribution in [0.5, 0.6) is 0 Å². The van der Waals surface area contributed by atoms with Crippen molar-refractivity contribution in [2.24, 2.45) is 0 Å². The molecule has 1 rings (SSSR count).